The van der Waals surface area contributed by atoms with Crippen LogP contribution in [-0.2, 0) is 9.47 Å². The Hall–Kier alpha value is 0.137. The summed E-state index contributed by atoms with van der Waals surface area (Å²) in [7, 11) is -0.995. The van der Waals surface area contributed by atoms with Gasteiger partial charge in [0, 0.05) is 12.8 Å². The zero-order valence-electron chi connectivity index (χ0n) is 8.14. The predicted molar refractivity (Wildman–Crippen MR) is 50.7 cm³/mol. The molecule has 11 heavy (non-hydrogen) atoms. The summed E-state index contributed by atoms with van der Waals surface area (Å²) in [5, 5.41) is 0. The summed E-state index contributed by atoms with van der Waals surface area (Å²) in [5.74, 6) is 0. The highest BCUT2D eigenvalue weighted by atomic mass is 28.3. The molecular formula is C8H20O2Si. The minimum Gasteiger partial charge on any atom is -0.382 e. The smallest absolute Gasteiger partial charge is 0.0746 e. The monoisotopic (exact) mass is 176 g/mol. The Morgan fingerprint density at radius 3 is 2.00 bits per heavy atom. The van der Waals surface area contributed by atoms with Crippen LogP contribution in [0.15, 0.2) is 0 Å². The molecule has 0 heterocycles. The van der Waals surface area contributed by atoms with Crippen molar-refractivity contribution in [1.82, 2.24) is 0 Å². The molecule has 0 aliphatic heterocycles. The van der Waals surface area contributed by atoms with Crippen molar-refractivity contribution in [1.29, 1.82) is 0 Å². The summed E-state index contributed by atoms with van der Waals surface area (Å²) in [5.41, 5.74) is 0. The van der Waals surface area contributed by atoms with E-state index in [4.69, 9.17) is 9.47 Å². The van der Waals surface area contributed by atoms with Gasteiger partial charge in [0.05, 0.1) is 21.3 Å². The quantitative estimate of drug-likeness (QED) is 0.455. The number of hydrogen-bond acceptors (Lipinski definition) is 2. The van der Waals surface area contributed by atoms with E-state index in [9.17, 15) is 0 Å². The average molecular weight is 176 g/mol. The van der Waals surface area contributed by atoms with Gasteiger partial charge in [0.2, 0.25) is 0 Å². The van der Waals surface area contributed by atoms with Crippen LogP contribution in [0.5, 0.6) is 0 Å². The summed E-state index contributed by atoms with van der Waals surface area (Å²) in [6.45, 7) is 11.2. The minimum absolute atomic E-state index is 0.737. The Labute approximate surface area is 70.9 Å². The first kappa shape index (κ1) is 11.1. The highest BCUT2D eigenvalue weighted by Gasteiger charge is 2.12. The lowest BCUT2D eigenvalue weighted by molar-refractivity contribution is 0.0686. The number of ether oxygens (including phenoxy) is 2. The van der Waals surface area contributed by atoms with Crippen LogP contribution in [0.2, 0.25) is 19.6 Å². The van der Waals surface area contributed by atoms with Gasteiger partial charge in [-0.05, 0) is 6.92 Å². The van der Waals surface area contributed by atoms with Crippen LogP contribution >= 0.6 is 0 Å². The fourth-order valence-corrected chi connectivity index (χ4v) is 1.40. The number of hydrogen-bond donors (Lipinski definition) is 0. The van der Waals surface area contributed by atoms with Crippen LogP contribution in [0.4, 0.5) is 0 Å². The van der Waals surface area contributed by atoms with Crippen molar-refractivity contribution < 1.29 is 9.47 Å². The van der Waals surface area contributed by atoms with Crippen molar-refractivity contribution in [3.63, 3.8) is 0 Å². The third-order valence-electron chi connectivity index (χ3n) is 1.11. The first-order valence-corrected chi connectivity index (χ1v) is 7.92. The maximum absolute atomic E-state index is 5.44. The van der Waals surface area contributed by atoms with Crippen molar-refractivity contribution in [2.24, 2.45) is 0 Å². The van der Waals surface area contributed by atoms with E-state index >= 15 is 0 Å². The second kappa shape index (κ2) is 5.74. The third kappa shape index (κ3) is 10.1. The van der Waals surface area contributed by atoms with Crippen LogP contribution in [0.3, 0.4) is 0 Å². The van der Waals surface area contributed by atoms with Crippen LogP contribution in [0.1, 0.15) is 6.92 Å². The van der Waals surface area contributed by atoms with Crippen molar-refractivity contribution >= 4 is 8.07 Å². The summed E-state index contributed by atoms with van der Waals surface area (Å²) in [6.07, 6.45) is 0.945. The summed E-state index contributed by atoms with van der Waals surface area (Å²) >= 11 is 0. The maximum Gasteiger partial charge on any atom is 0.0746 e. The molecule has 0 amide bonds. The molecule has 0 unspecified atom stereocenters. The molecule has 0 aromatic rings. The zero-order chi connectivity index (χ0) is 8.74. The molecule has 0 radical (unpaired) electrons. The lowest BCUT2D eigenvalue weighted by Crippen LogP contribution is -2.28. The molecule has 0 aliphatic rings. The van der Waals surface area contributed by atoms with E-state index in [1.165, 1.54) is 0 Å². The van der Waals surface area contributed by atoms with Gasteiger partial charge in [-0.1, -0.05) is 19.6 Å². The molecule has 0 rings (SSSR count). The molecule has 0 N–H and O–H groups in total. The van der Waals surface area contributed by atoms with Crippen molar-refractivity contribution in [2.45, 2.75) is 26.6 Å². The van der Waals surface area contributed by atoms with Crippen molar-refractivity contribution in [2.75, 3.05) is 26.1 Å². The van der Waals surface area contributed by atoms with E-state index < -0.39 is 8.07 Å². The molecule has 0 bridgehead atoms. The summed E-state index contributed by atoms with van der Waals surface area (Å²) < 4.78 is 10.6. The topological polar surface area (TPSA) is 18.5 Å². The van der Waals surface area contributed by atoms with Crippen LogP contribution in [-0.4, -0.2) is 34.1 Å². The SMILES string of the molecule is CCOCCOC[Si](C)(C)C. The fourth-order valence-electron chi connectivity index (χ4n) is 0.641. The molecule has 0 saturated heterocycles. The lowest BCUT2D eigenvalue weighted by Gasteiger charge is -2.15. The Morgan fingerprint density at radius 2 is 1.55 bits per heavy atom. The third-order valence-corrected chi connectivity index (χ3v) is 2.18. The Balaban J connectivity index is 3.02. The molecule has 0 atom stereocenters. The van der Waals surface area contributed by atoms with Crippen molar-refractivity contribution in [3.05, 3.63) is 0 Å². The minimum atomic E-state index is -0.995. The highest BCUT2D eigenvalue weighted by Crippen LogP contribution is 1.99. The first-order valence-electron chi connectivity index (χ1n) is 4.22. The number of rotatable bonds is 6. The molecule has 0 aromatic carbocycles. The van der Waals surface area contributed by atoms with E-state index in [0.29, 0.717) is 0 Å². The van der Waals surface area contributed by atoms with Gasteiger partial charge < -0.3 is 9.47 Å². The Kier molecular flexibility index (Phi) is 5.82. The molecule has 0 aliphatic carbocycles. The lowest BCUT2D eigenvalue weighted by atomic mass is 10.7. The van der Waals surface area contributed by atoms with Gasteiger partial charge in [-0.15, -0.1) is 0 Å². The van der Waals surface area contributed by atoms with Gasteiger partial charge in [0.1, 0.15) is 0 Å². The predicted octanol–water partition coefficient (Wildman–Crippen LogP) is 1.92. The second-order valence-corrected chi connectivity index (χ2v) is 9.22. The Morgan fingerprint density at radius 1 is 1.00 bits per heavy atom. The average Bonchev–Trinajstić information content (AvgIpc) is 1.85. The van der Waals surface area contributed by atoms with Crippen molar-refractivity contribution in [3.8, 4) is 0 Å². The van der Waals surface area contributed by atoms with Gasteiger partial charge in [0.25, 0.3) is 0 Å². The zero-order valence-corrected chi connectivity index (χ0v) is 9.14. The van der Waals surface area contributed by atoms with Crippen LogP contribution in [0, 0.1) is 0 Å². The van der Waals surface area contributed by atoms with Crippen LogP contribution < -0.4 is 0 Å². The standard InChI is InChI=1S/C8H20O2Si/c1-5-9-6-7-10-8-11(2,3)4/h5-8H2,1-4H3. The molecular weight excluding hydrogens is 156 g/mol. The largest absolute Gasteiger partial charge is 0.382 e. The molecule has 3 heteroatoms. The summed E-state index contributed by atoms with van der Waals surface area (Å²) in [6, 6.07) is 0. The highest BCUT2D eigenvalue weighted by molar-refractivity contribution is 6.76. The molecule has 0 saturated carbocycles. The van der Waals surface area contributed by atoms with Gasteiger partial charge >= 0.3 is 0 Å². The van der Waals surface area contributed by atoms with E-state index in [0.717, 1.165) is 26.1 Å². The fraction of sp³-hybridized carbons (Fsp3) is 1.00. The van der Waals surface area contributed by atoms with Gasteiger partial charge in [-0.2, -0.15) is 0 Å². The molecule has 0 aromatic heterocycles. The van der Waals surface area contributed by atoms with Crippen LogP contribution in [0.25, 0.3) is 0 Å². The van der Waals surface area contributed by atoms with Gasteiger partial charge in [0.15, 0.2) is 0 Å². The second-order valence-electron chi connectivity index (χ2n) is 3.81. The van der Waals surface area contributed by atoms with Gasteiger partial charge in [-0.3, -0.25) is 0 Å². The van der Waals surface area contributed by atoms with Gasteiger partial charge in [-0.25, -0.2) is 0 Å². The Bertz CT molecular complexity index is 88.6. The van der Waals surface area contributed by atoms with E-state index in [1.807, 2.05) is 6.92 Å². The van der Waals surface area contributed by atoms with E-state index in [-0.39, 0.29) is 0 Å². The maximum atomic E-state index is 5.44. The van der Waals surface area contributed by atoms with E-state index in [2.05, 4.69) is 19.6 Å². The normalized spacial score (nSPS) is 12.0. The molecule has 0 spiro atoms. The summed E-state index contributed by atoms with van der Waals surface area (Å²) in [4.78, 5) is 0. The molecule has 2 nitrogen and oxygen atoms in total. The first-order chi connectivity index (χ1) is 5.06. The van der Waals surface area contributed by atoms with E-state index in [1.54, 1.807) is 0 Å². The molecule has 0 fully saturated rings. The molecule has 68 valence electrons.